The van der Waals surface area contributed by atoms with Crippen LogP contribution in [0.4, 0.5) is 10.5 Å². The quantitative estimate of drug-likeness (QED) is 0.766. The van der Waals surface area contributed by atoms with Crippen molar-refractivity contribution in [2.45, 2.75) is 13.1 Å². The van der Waals surface area contributed by atoms with Crippen molar-refractivity contribution in [2.24, 2.45) is 11.8 Å². The summed E-state index contributed by atoms with van der Waals surface area (Å²) in [6.07, 6.45) is 3.67. The molecule has 3 aliphatic rings. The van der Waals surface area contributed by atoms with E-state index in [2.05, 4.69) is 50.5 Å². The molecule has 0 unspecified atom stereocenters. The molecule has 3 saturated heterocycles. The molecule has 3 fully saturated rings. The van der Waals surface area contributed by atoms with E-state index < -0.39 is 0 Å². The molecule has 0 saturated carbocycles. The maximum absolute atomic E-state index is 12.8. The van der Waals surface area contributed by atoms with Gasteiger partial charge in [0.1, 0.15) is 0 Å². The van der Waals surface area contributed by atoms with Gasteiger partial charge in [-0.05, 0) is 17.4 Å². The largest absolute Gasteiger partial charge is 0.379 e. The van der Waals surface area contributed by atoms with E-state index in [1.807, 2.05) is 15.8 Å². The first-order valence-corrected chi connectivity index (χ1v) is 11.4. The number of carbonyl (C=O) groups is 1. The summed E-state index contributed by atoms with van der Waals surface area (Å²) in [5.41, 5.74) is 2.14. The van der Waals surface area contributed by atoms with Gasteiger partial charge in [-0.3, -0.25) is 14.5 Å². The van der Waals surface area contributed by atoms with Crippen molar-refractivity contribution in [1.82, 2.24) is 24.5 Å². The highest BCUT2D eigenvalue weighted by atomic mass is 16.5. The average Bonchev–Trinajstić information content (AvgIpc) is 3.49. The van der Waals surface area contributed by atoms with Gasteiger partial charge in [-0.25, -0.2) is 4.79 Å². The fourth-order valence-corrected chi connectivity index (χ4v) is 5.05. The van der Waals surface area contributed by atoms with Crippen molar-refractivity contribution >= 4 is 11.7 Å². The van der Waals surface area contributed by atoms with E-state index in [1.165, 1.54) is 5.56 Å². The van der Waals surface area contributed by atoms with Crippen LogP contribution in [0, 0.1) is 11.8 Å². The molecular weight excluding hydrogens is 392 g/mol. The van der Waals surface area contributed by atoms with E-state index in [9.17, 15) is 4.79 Å². The number of amides is 2. The fourth-order valence-electron chi connectivity index (χ4n) is 5.05. The predicted molar refractivity (Wildman–Crippen MR) is 119 cm³/mol. The molecule has 2 amide bonds. The number of hydrogen-bond acceptors (Lipinski definition) is 5. The number of likely N-dealkylation sites (tertiary alicyclic amines) is 2. The molecule has 3 aliphatic heterocycles. The van der Waals surface area contributed by atoms with Gasteiger partial charge >= 0.3 is 6.03 Å². The van der Waals surface area contributed by atoms with Crippen LogP contribution in [-0.4, -0.2) is 89.5 Å². The number of urea groups is 1. The van der Waals surface area contributed by atoms with Crippen LogP contribution in [0.1, 0.15) is 5.56 Å². The number of morpholine rings is 1. The number of hydrogen-bond donors (Lipinski definition) is 1. The summed E-state index contributed by atoms with van der Waals surface area (Å²) in [5.74, 6) is 1.15. The molecule has 1 N–H and O–H groups in total. The lowest BCUT2D eigenvalue weighted by atomic mass is 10.0. The molecular formula is C23H32N6O2. The van der Waals surface area contributed by atoms with Crippen molar-refractivity contribution < 1.29 is 9.53 Å². The summed E-state index contributed by atoms with van der Waals surface area (Å²) in [6, 6.07) is 10.6. The highest BCUT2D eigenvalue weighted by Gasteiger charge is 2.41. The Morgan fingerprint density at radius 3 is 2.48 bits per heavy atom. The summed E-state index contributed by atoms with van der Waals surface area (Å²) in [7, 11) is 0. The highest BCUT2D eigenvalue weighted by molar-refractivity contribution is 5.89. The monoisotopic (exact) mass is 424 g/mol. The first-order valence-electron chi connectivity index (χ1n) is 11.4. The van der Waals surface area contributed by atoms with Gasteiger partial charge < -0.3 is 15.0 Å². The van der Waals surface area contributed by atoms with Crippen LogP contribution in [0.5, 0.6) is 0 Å². The molecule has 0 bridgehead atoms. The topological polar surface area (TPSA) is 65.9 Å². The lowest BCUT2D eigenvalue weighted by Gasteiger charge is -2.26. The predicted octanol–water partition coefficient (Wildman–Crippen LogP) is 1.81. The van der Waals surface area contributed by atoms with Crippen LogP contribution in [0.2, 0.25) is 0 Å². The van der Waals surface area contributed by atoms with E-state index in [-0.39, 0.29) is 6.03 Å². The normalized spacial score (nSPS) is 24.5. The number of anilines is 1. The lowest BCUT2D eigenvalue weighted by Crippen LogP contribution is -2.38. The molecule has 0 radical (unpaired) electrons. The Labute approximate surface area is 183 Å². The second-order valence-electron chi connectivity index (χ2n) is 8.98. The number of ether oxygens (including phenoxy) is 1. The zero-order valence-corrected chi connectivity index (χ0v) is 18.0. The van der Waals surface area contributed by atoms with Crippen LogP contribution < -0.4 is 5.32 Å². The fraction of sp³-hybridized carbons (Fsp3) is 0.565. The number of aromatic nitrogens is 2. The van der Waals surface area contributed by atoms with Gasteiger partial charge in [0, 0.05) is 58.6 Å². The van der Waals surface area contributed by atoms with E-state index >= 15 is 0 Å². The second-order valence-corrected chi connectivity index (χ2v) is 8.98. The highest BCUT2D eigenvalue weighted by Crippen LogP contribution is 2.32. The van der Waals surface area contributed by atoms with Gasteiger partial charge in [0.2, 0.25) is 0 Å². The van der Waals surface area contributed by atoms with Crippen LogP contribution in [0.3, 0.4) is 0 Å². The number of rotatable bonds is 6. The minimum absolute atomic E-state index is 0.00302. The molecule has 1 aromatic carbocycles. The summed E-state index contributed by atoms with van der Waals surface area (Å²) in [5, 5.41) is 7.45. The van der Waals surface area contributed by atoms with E-state index in [4.69, 9.17) is 4.74 Å². The molecule has 31 heavy (non-hydrogen) atoms. The Balaban J connectivity index is 1.07. The Kier molecular flexibility index (Phi) is 6.20. The van der Waals surface area contributed by atoms with Gasteiger partial charge in [-0.1, -0.05) is 30.3 Å². The molecule has 166 valence electrons. The number of benzene rings is 1. The summed E-state index contributed by atoms with van der Waals surface area (Å²) in [6.45, 7) is 10.2. The van der Waals surface area contributed by atoms with Gasteiger partial charge in [-0.15, -0.1) is 0 Å². The number of carbonyl (C=O) groups excluding carboxylic acids is 1. The molecule has 8 nitrogen and oxygen atoms in total. The lowest BCUT2D eigenvalue weighted by molar-refractivity contribution is 0.0360. The molecule has 4 heterocycles. The summed E-state index contributed by atoms with van der Waals surface area (Å²) < 4.78 is 7.30. The third-order valence-electron chi connectivity index (χ3n) is 6.73. The van der Waals surface area contributed by atoms with E-state index in [0.717, 1.165) is 77.8 Å². The van der Waals surface area contributed by atoms with Crippen LogP contribution in [0.25, 0.3) is 0 Å². The van der Waals surface area contributed by atoms with Crippen LogP contribution in [-0.2, 0) is 17.8 Å². The minimum Gasteiger partial charge on any atom is -0.379 e. The zero-order valence-electron chi connectivity index (χ0n) is 18.0. The van der Waals surface area contributed by atoms with Crippen molar-refractivity contribution in [2.75, 3.05) is 64.3 Å². The van der Waals surface area contributed by atoms with Gasteiger partial charge in [-0.2, -0.15) is 5.10 Å². The SMILES string of the molecule is O=C(Nc1cnn(CCN2CCOCC2)c1)N1C[C@H]2CN(Cc3ccccc3)C[C@H]2C1. The average molecular weight is 425 g/mol. The Morgan fingerprint density at radius 2 is 1.74 bits per heavy atom. The Bertz CT molecular complexity index is 852. The van der Waals surface area contributed by atoms with Crippen LogP contribution >= 0.6 is 0 Å². The molecule has 0 spiro atoms. The smallest absolute Gasteiger partial charge is 0.321 e. The third-order valence-corrected chi connectivity index (χ3v) is 6.73. The molecule has 1 aromatic heterocycles. The Morgan fingerprint density at radius 1 is 1.00 bits per heavy atom. The standard InChI is InChI=1S/C23H32N6O2/c30-23(25-22-12-24-29(18-22)7-6-26-8-10-31-11-9-26)28-16-20-14-27(15-21(20)17-28)13-19-4-2-1-3-5-19/h1-5,12,18,20-21H,6-11,13-17H2,(H,25,30)/t20-,21+. The number of nitrogens with one attached hydrogen (secondary N) is 1. The van der Waals surface area contributed by atoms with E-state index in [0.29, 0.717) is 11.8 Å². The molecule has 8 heteroatoms. The van der Waals surface area contributed by atoms with Crippen molar-refractivity contribution in [3.63, 3.8) is 0 Å². The second kappa shape index (κ2) is 9.38. The van der Waals surface area contributed by atoms with E-state index in [1.54, 1.807) is 6.20 Å². The number of fused-ring (bicyclic) bond motifs is 1. The van der Waals surface area contributed by atoms with Crippen molar-refractivity contribution in [3.8, 4) is 0 Å². The maximum Gasteiger partial charge on any atom is 0.321 e. The zero-order chi connectivity index (χ0) is 21.0. The van der Waals surface area contributed by atoms with Gasteiger partial charge in [0.05, 0.1) is 31.6 Å². The molecule has 2 atom stereocenters. The van der Waals surface area contributed by atoms with Gasteiger partial charge in [0.25, 0.3) is 0 Å². The van der Waals surface area contributed by atoms with Crippen LogP contribution in [0.15, 0.2) is 42.7 Å². The van der Waals surface area contributed by atoms with Gasteiger partial charge in [0.15, 0.2) is 0 Å². The van der Waals surface area contributed by atoms with Crippen molar-refractivity contribution in [1.29, 1.82) is 0 Å². The summed E-state index contributed by atoms with van der Waals surface area (Å²) >= 11 is 0. The minimum atomic E-state index is -0.00302. The first-order chi connectivity index (χ1) is 15.2. The maximum atomic E-state index is 12.8. The third kappa shape index (κ3) is 5.08. The summed E-state index contributed by atoms with van der Waals surface area (Å²) in [4.78, 5) is 19.7. The molecule has 0 aliphatic carbocycles. The molecule has 2 aromatic rings. The van der Waals surface area contributed by atoms with Crippen molar-refractivity contribution in [3.05, 3.63) is 48.3 Å². The number of nitrogens with zero attached hydrogens (tertiary/aromatic N) is 5. The Hall–Kier alpha value is -2.42. The molecule has 5 rings (SSSR count). The first kappa shape index (κ1) is 20.5.